The van der Waals surface area contributed by atoms with E-state index < -0.39 is 0 Å². The number of nitrogens with one attached hydrogen (secondary N) is 1. The summed E-state index contributed by atoms with van der Waals surface area (Å²) in [5.41, 5.74) is 0. The minimum Gasteiger partial charge on any atom is -0.339 e. The van der Waals surface area contributed by atoms with E-state index in [1.165, 1.54) is 0 Å². The topological polar surface area (TPSA) is 52.7 Å². The van der Waals surface area contributed by atoms with E-state index in [0.29, 0.717) is 19.6 Å². The van der Waals surface area contributed by atoms with Gasteiger partial charge in [-0.1, -0.05) is 0 Å². The second kappa shape index (κ2) is 3.57. The highest BCUT2D eigenvalue weighted by Gasteiger charge is 2.36. The van der Waals surface area contributed by atoms with Crippen molar-refractivity contribution in [1.82, 2.24) is 15.1 Å². The number of carbonyl (C=O) groups is 2. The van der Waals surface area contributed by atoms with Gasteiger partial charge in [-0.15, -0.1) is 0 Å². The molecule has 2 rings (SSSR count). The minimum absolute atomic E-state index is 0.101. The van der Waals surface area contributed by atoms with Crippen molar-refractivity contribution < 1.29 is 9.59 Å². The summed E-state index contributed by atoms with van der Waals surface area (Å²) < 4.78 is 0. The van der Waals surface area contributed by atoms with E-state index in [0.717, 1.165) is 13.1 Å². The largest absolute Gasteiger partial charge is 0.339 e. The van der Waals surface area contributed by atoms with Gasteiger partial charge in [-0.2, -0.15) is 0 Å². The van der Waals surface area contributed by atoms with E-state index in [4.69, 9.17) is 0 Å². The fourth-order valence-electron chi connectivity index (χ4n) is 1.92. The van der Waals surface area contributed by atoms with E-state index >= 15 is 0 Å². The lowest BCUT2D eigenvalue weighted by Crippen LogP contribution is -2.65. The Morgan fingerprint density at radius 2 is 2.21 bits per heavy atom. The quantitative estimate of drug-likeness (QED) is 0.565. The van der Waals surface area contributed by atoms with Crippen LogP contribution in [0.1, 0.15) is 6.92 Å². The van der Waals surface area contributed by atoms with E-state index in [9.17, 15) is 9.59 Å². The number of nitrogens with zero attached hydrogens (tertiary/aromatic N) is 2. The maximum absolute atomic E-state index is 11.5. The molecule has 2 aliphatic rings. The van der Waals surface area contributed by atoms with Crippen LogP contribution in [-0.4, -0.2) is 60.4 Å². The zero-order chi connectivity index (χ0) is 10.1. The van der Waals surface area contributed by atoms with Gasteiger partial charge in [-0.3, -0.25) is 9.59 Å². The van der Waals surface area contributed by atoms with E-state index in [1.54, 1.807) is 11.8 Å². The lowest BCUT2D eigenvalue weighted by atomic mass is 10.1. The van der Waals surface area contributed by atoms with Crippen LogP contribution in [-0.2, 0) is 9.59 Å². The highest BCUT2D eigenvalue weighted by molar-refractivity contribution is 5.80. The highest BCUT2D eigenvalue weighted by Crippen LogP contribution is 2.15. The standard InChI is InChI=1S/C9H15N3O2/c1-7(13)11-5-8(6-11)12-3-2-10-4-9(12)14/h8,10H,2-6H2,1H3. The van der Waals surface area contributed by atoms with Crippen LogP contribution in [0.3, 0.4) is 0 Å². The number of hydrogen-bond acceptors (Lipinski definition) is 3. The SMILES string of the molecule is CC(=O)N1CC(N2CCNCC2=O)C1. The predicted octanol–water partition coefficient (Wildman–Crippen LogP) is -1.35. The monoisotopic (exact) mass is 197 g/mol. The molecule has 0 spiro atoms. The molecule has 5 heteroatoms. The van der Waals surface area contributed by atoms with Crippen molar-refractivity contribution >= 4 is 11.8 Å². The molecule has 78 valence electrons. The summed E-state index contributed by atoms with van der Waals surface area (Å²) in [7, 11) is 0. The summed E-state index contributed by atoms with van der Waals surface area (Å²) in [6.45, 7) is 5.06. The molecule has 2 amide bonds. The van der Waals surface area contributed by atoms with Gasteiger partial charge in [0.15, 0.2) is 0 Å². The first kappa shape index (κ1) is 9.45. The average Bonchev–Trinajstić information content (AvgIpc) is 2.05. The van der Waals surface area contributed by atoms with Crippen LogP contribution in [0.5, 0.6) is 0 Å². The molecule has 0 aliphatic carbocycles. The molecule has 0 radical (unpaired) electrons. The molecule has 2 fully saturated rings. The molecular weight excluding hydrogens is 182 g/mol. The molecule has 0 aromatic carbocycles. The highest BCUT2D eigenvalue weighted by atomic mass is 16.2. The van der Waals surface area contributed by atoms with Gasteiger partial charge in [-0.25, -0.2) is 0 Å². The third kappa shape index (κ3) is 1.59. The Hall–Kier alpha value is -1.10. The minimum atomic E-state index is 0.101. The van der Waals surface area contributed by atoms with Crippen molar-refractivity contribution in [3.8, 4) is 0 Å². The van der Waals surface area contributed by atoms with Crippen molar-refractivity contribution in [3.63, 3.8) is 0 Å². The van der Waals surface area contributed by atoms with Gasteiger partial charge in [0.25, 0.3) is 0 Å². The summed E-state index contributed by atoms with van der Waals surface area (Å²) in [4.78, 5) is 26.1. The molecule has 2 aliphatic heterocycles. The fraction of sp³-hybridized carbons (Fsp3) is 0.778. The molecule has 14 heavy (non-hydrogen) atoms. The molecule has 0 atom stereocenters. The average molecular weight is 197 g/mol. The first-order valence-corrected chi connectivity index (χ1v) is 4.94. The van der Waals surface area contributed by atoms with Crippen LogP contribution in [0.4, 0.5) is 0 Å². The predicted molar refractivity (Wildman–Crippen MR) is 50.6 cm³/mol. The van der Waals surface area contributed by atoms with Crippen molar-refractivity contribution in [2.75, 3.05) is 32.7 Å². The van der Waals surface area contributed by atoms with Gasteiger partial charge in [-0.05, 0) is 0 Å². The Morgan fingerprint density at radius 1 is 1.50 bits per heavy atom. The van der Waals surface area contributed by atoms with E-state index in [2.05, 4.69) is 5.32 Å². The van der Waals surface area contributed by atoms with Crippen molar-refractivity contribution in [2.24, 2.45) is 0 Å². The van der Waals surface area contributed by atoms with Gasteiger partial charge >= 0.3 is 0 Å². The molecule has 0 bridgehead atoms. The number of rotatable bonds is 1. The van der Waals surface area contributed by atoms with Crippen LogP contribution in [0.25, 0.3) is 0 Å². The first-order chi connectivity index (χ1) is 6.68. The number of piperazine rings is 1. The normalized spacial score (nSPS) is 23.6. The number of carbonyl (C=O) groups excluding carboxylic acids is 2. The van der Waals surface area contributed by atoms with Gasteiger partial charge in [0, 0.05) is 33.1 Å². The molecule has 2 heterocycles. The summed E-state index contributed by atoms with van der Waals surface area (Å²) >= 11 is 0. The summed E-state index contributed by atoms with van der Waals surface area (Å²) in [6, 6.07) is 0.258. The van der Waals surface area contributed by atoms with Crippen LogP contribution >= 0.6 is 0 Å². The second-order valence-corrected chi connectivity index (χ2v) is 3.84. The molecule has 0 aromatic heterocycles. The lowest BCUT2D eigenvalue weighted by Gasteiger charge is -2.46. The maximum Gasteiger partial charge on any atom is 0.236 e. The smallest absolute Gasteiger partial charge is 0.236 e. The third-order valence-corrected chi connectivity index (χ3v) is 2.87. The Kier molecular flexibility index (Phi) is 2.41. The number of likely N-dealkylation sites (tertiary alicyclic amines) is 1. The van der Waals surface area contributed by atoms with Crippen LogP contribution in [0, 0.1) is 0 Å². The van der Waals surface area contributed by atoms with Crippen molar-refractivity contribution in [3.05, 3.63) is 0 Å². The van der Waals surface area contributed by atoms with Crippen LogP contribution in [0.15, 0.2) is 0 Å². The summed E-state index contributed by atoms with van der Waals surface area (Å²) in [5.74, 6) is 0.258. The zero-order valence-corrected chi connectivity index (χ0v) is 8.32. The van der Waals surface area contributed by atoms with Crippen molar-refractivity contribution in [2.45, 2.75) is 13.0 Å². The lowest BCUT2D eigenvalue weighted by molar-refractivity contribution is -0.146. The van der Waals surface area contributed by atoms with Gasteiger partial charge in [0.2, 0.25) is 11.8 Å². The Balaban J connectivity index is 1.86. The molecule has 0 saturated carbocycles. The van der Waals surface area contributed by atoms with Crippen molar-refractivity contribution in [1.29, 1.82) is 0 Å². The molecule has 0 unspecified atom stereocenters. The summed E-state index contributed by atoms with van der Waals surface area (Å²) in [6.07, 6.45) is 0. The maximum atomic E-state index is 11.5. The molecule has 5 nitrogen and oxygen atoms in total. The zero-order valence-electron chi connectivity index (χ0n) is 8.32. The number of hydrogen-bond donors (Lipinski definition) is 1. The Bertz CT molecular complexity index is 261. The molecule has 1 N–H and O–H groups in total. The van der Waals surface area contributed by atoms with Crippen LogP contribution < -0.4 is 5.32 Å². The first-order valence-electron chi connectivity index (χ1n) is 4.94. The van der Waals surface area contributed by atoms with E-state index in [1.807, 2.05) is 4.90 Å². The van der Waals surface area contributed by atoms with Crippen LogP contribution in [0.2, 0.25) is 0 Å². The molecule has 2 saturated heterocycles. The Labute approximate surface area is 83.0 Å². The third-order valence-electron chi connectivity index (χ3n) is 2.87. The van der Waals surface area contributed by atoms with Gasteiger partial charge < -0.3 is 15.1 Å². The Morgan fingerprint density at radius 3 is 2.79 bits per heavy atom. The summed E-state index contributed by atoms with van der Waals surface area (Å²) in [5, 5.41) is 3.03. The molecule has 0 aromatic rings. The second-order valence-electron chi connectivity index (χ2n) is 3.84. The molecular formula is C9H15N3O2. The van der Waals surface area contributed by atoms with E-state index in [-0.39, 0.29) is 17.9 Å². The fourth-order valence-corrected chi connectivity index (χ4v) is 1.92. The van der Waals surface area contributed by atoms with Gasteiger partial charge in [0.1, 0.15) is 0 Å². The van der Waals surface area contributed by atoms with Gasteiger partial charge in [0.05, 0.1) is 12.6 Å². The number of amides is 2.